The Labute approximate surface area is 118 Å². The lowest BCUT2D eigenvalue weighted by molar-refractivity contribution is 0.0747. The average molecular weight is 277 g/mol. The number of carbonyl (C=O) groups is 1. The molecule has 0 heterocycles. The lowest BCUT2D eigenvalue weighted by atomic mass is 10.0. The van der Waals surface area contributed by atoms with Gasteiger partial charge in [0.2, 0.25) is 0 Å². The normalized spacial score (nSPS) is 11.2. The van der Waals surface area contributed by atoms with Crippen LogP contribution in [0.2, 0.25) is 5.02 Å². The molecule has 0 saturated carbocycles. The van der Waals surface area contributed by atoms with Gasteiger partial charge in [0, 0.05) is 10.6 Å². The summed E-state index contributed by atoms with van der Waals surface area (Å²) in [6, 6.07) is 15.3. The van der Waals surface area contributed by atoms with E-state index in [1.54, 1.807) is 48.5 Å². The molecule has 19 heavy (non-hydrogen) atoms. The number of benzene rings is 2. The molecular weight excluding hydrogens is 260 g/mol. The lowest BCUT2D eigenvalue weighted by Crippen LogP contribution is -2.11. The highest BCUT2D eigenvalue weighted by Crippen LogP contribution is 2.19. The predicted molar refractivity (Wildman–Crippen MR) is 78.5 cm³/mol. The molecule has 0 fully saturated rings. The summed E-state index contributed by atoms with van der Waals surface area (Å²) in [6.07, 6.45) is -1.13. The molecular formula is C16H17ClO2. The average Bonchev–Trinajstić information content (AvgIpc) is 2.49. The van der Waals surface area contributed by atoms with Crippen molar-refractivity contribution < 1.29 is 9.90 Å². The maximum absolute atomic E-state index is 12.0. The van der Waals surface area contributed by atoms with Gasteiger partial charge in [0.25, 0.3) is 0 Å². The lowest BCUT2D eigenvalue weighted by Gasteiger charge is -2.09. The summed E-state index contributed by atoms with van der Waals surface area (Å²) in [6.45, 7) is 4.00. The molecule has 100 valence electrons. The molecule has 0 aliphatic heterocycles. The van der Waals surface area contributed by atoms with E-state index >= 15 is 0 Å². The second kappa shape index (κ2) is 7.72. The monoisotopic (exact) mass is 276 g/mol. The molecule has 0 saturated heterocycles. The first-order valence-corrected chi connectivity index (χ1v) is 6.59. The highest BCUT2D eigenvalue weighted by atomic mass is 35.5. The smallest absolute Gasteiger partial charge is 0.195 e. The molecule has 2 rings (SSSR count). The first kappa shape index (κ1) is 15.4. The highest BCUT2D eigenvalue weighted by molar-refractivity contribution is 6.30. The molecule has 0 spiro atoms. The Morgan fingerprint density at radius 2 is 1.53 bits per heavy atom. The van der Waals surface area contributed by atoms with Gasteiger partial charge in [-0.1, -0.05) is 55.8 Å². The fraction of sp³-hybridized carbons (Fsp3) is 0.188. The van der Waals surface area contributed by atoms with Crippen LogP contribution in [0, 0.1) is 0 Å². The Balaban J connectivity index is 0.000000861. The zero-order valence-electron chi connectivity index (χ0n) is 11.0. The van der Waals surface area contributed by atoms with E-state index in [1.807, 2.05) is 19.9 Å². The van der Waals surface area contributed by atoms with Crippen molar-refractivity contribution in [1.29, 1.82) is 0 Å². The van der Waals surface area contributed by atoms with Gasteiger partial charge < -0.3 is 5.11 Å². The summed E-state index contributed by atoms with van der Waals surface area (Å²) in [5.74, 6) is -0.326. The minimum Gasteiger partial charge on any atom is -0.380 e. The van der Waals surface area contributed by atoms with Crippen molar-refractivity contribution in [2.75, 3.05) is 0 Å². The number of hydrogen-bond donors (Lipinski definition) is 1. The second-order valence-corrected chi connectivity index (χ2v) is 4.12. The Morgan fingerprint density at radius 3 is 2.05 bits per heavy atom. The van der Waals surface area contributed by atoms with Crippen LogP contribution in [-0.2, 0) is 0 Å². The molecule has 1 unspecified atom stereocenters. The van der Waals surface area contributed by atoms with Gasteiger partial charge in [-0.15, -0.1) is 0 Å². The number of ketones is 1. The third-order valence-electron chi connectivity index (χ3n) is 2.49. The van der Waals surface area contributed by atoms with Crippen LogP contribution in [-0.4, -0.2) is 10.9 Å². The van der Waals surface area contributed by atoms with E-state index in [0.717, 1.165) is 0 Å². The second-order valence-electron chi connectivity index (χ2n) is 3.68. The Kier molecular flexibility index (Phi) is 6.26. The minimum atomic E-state index is -1.13. The molecule has 0 aliphatic carbocycles. The Hall–Kier alpha value is -1.64. The molecule has 2 aromatic carbocycles. The van der Waals surface area contributed by atoms with Crippen molar-refractivity contribution in [3.63, 3.8) is 0 Å². The summed E-state index contributed by atoms with van der Waals surface area (Å²) in [5, 5.41) is 10.5. The number of Topliss-reactive ketones (excluding diaryl/α,β-unsaturated/α-hetero) is 1. The van der Waals surface area contributed by atoms with E-state index in [4.69, 9.17) is 11.6 Å². The zero-order chi connectivity index (χ0) is 14.3. The zero-order valence-corrected chi connectivity index (χ0v) is 11.8. The van der Waals surface area contributed by atoms with E-state index in [-0.39, 0.29) is 5.78 Å². The van der Waals surface area contributed by atoms with E-state index in [0.29, 0.717) is 16.1 Å². The van der Waals surface area contributed by atoms with Crippen LogP contribution in [0.15, 0.2) is 54.6 Å². The molecule has 0 aliphatic rings. The van der Waals surface area contributed by atoms with Crippen LogP contribution in [0.25, 0.3) is 0 Å². The number of carbonyl (C=O) groups excluding carboxylic acids is 1. The van der Waals surface area contributed by atoms with Gasteiger partial charge >= 0.3 is 0 Å². The van der Waals surface area contributed by atoms with Crippen molar-refractivity contribution in [3.05, 3.63) is 70.7 Å². The van der Waals surface area contributed by atoms with Gasteiger partial charge in [-0.2, -0.15) is 0 Å². The molecule has 1 N–H and O–H groups in total. The predicted octanol–water partition coefficient (Wildman–Crippen LogP) is 4.28. The first-order valence-electron chi connectivity index (χ1n) is 6.21. The summed E-state index contributed by atoms with van der Waals surface area (Å²) < 4.78 is 0. The van der Waals surface area contributed by atoms with Crippen LogP contribution in [0.5, 0.6) is 0 Å². The summed E-state index contributed by atoms with van der Waals surface area (Å²) >= 11 is 5.74. The van der Waals surface area contributed by atoms with Gasteiger partial charge in [0.1, 0.15) is 6.10 Å². The fourth-order valence-electron chi connectivity index (χ4n) is 1.56. The number of aliphatic hydroxyl groups excluding tert-OH is 1. The van der Waals surface area contributed by atoms with E-state index in [1.165, 1.54) is 0 Å². The number of halogens is 1. The van der Waals surface area contributed by atoms with E-state index in [2.05, 4.69) is 0 Å². The van der Waals surface area contributed by atoms with Crippen molar-refractivity contribution in [2.24, 2.45) is 0 Å². The third-order valence-corrected chi connectivity index (χ3v) is 2.74. The minimum absolute atomic E-state index is 0.326. The number of rotatable bonds is 3. The standard InChI is InChI=1S/C14H11ClO2.C2H6/c15-12-8-6-11(7-9-12)14(17)13(16)10-4-2-1-3-5-10;1-2/h1-9,13,16H;1-2H3. The van der Waals surface area contributed by atoms with Crippen molar-refractivity contribution in [3.8, 4) is 0 Å². The molecule has 3 heteroatoms. The summed E-state index contributed by atoms with van der Waals surface area (Å²) in [4.78, 5) is 12.0. The van der Waals surface area contributed by atoms with Crippen LogP contribution < -0.4 is 0 Å². The van der Waals surface area contributed by atoms with Crippen LogP contribution in [0.1, 0.15) is 35.9 Å². The van der Waals surface area contributed by atoms with Gasteiger partial charge in [-0.25, -0.2) is 0 Å². The molecule has 2 nitrogen and oxygen atoms in total. The largest absolute Gasteiger partial charge is 0.380 e. The molecule has 0 radical (unpaired) electrons. The fourth-order valence-corrected chi connectivity index (χ4v) is 1.68. The molecule has 2 aromatic rings. The SMILES string of the molecule is CC.O=C(c1ccc(Cl)cc1)C(O)c1ccccc1. The van der Waals surface area contributed by atoms with Crippen molar-refractivity contribution >= 4 is 17.4 Å². The Morgan fingerprint density at radius 1 is 1.00 bits per heavy atom. The first-order chi connectivity index (χ1) is 9.18. The summed E-state index contributed by atoms with van der Waals surface area (Å²) in [7, 11) is 0. The van der Waals surface area contributed by atoms with E-state index < -0.39 is 6.10 Å². The van der Waals surface area contributed by atoms with Crippen LogP contribution in [0.4, 0.5) is 0 Å². The number of aliphatic hydroxyl groups is 1. The van der Waals surface area contributed by atoms with Crippen LogP contribution >= 0.6 is 11.6 Å². The van der Waals surface area contributed by atoms with Gasteiger partial charge in [-0.3, -0.25) is 4.79 Å². The van der Waals surface area contributed by atoms with Crippen molar-refractivity contribution in [1.82, 2.24) is 0 Å². The topological polar surface area (TPSA) is 37.3 Å². The quantitative estimate of drug-likeness (QED) is 0.850. The number of hydrogen-bond acceptors (Lipinski definition) is 2. The van der Waals surface area contributed by atoms with Gasteiger partial charge in [-0.05, 0) is 29.8 Å². The van der Waals surface area contributed by atoms with Crippen molar-refractivity contribution in [2.45, 2.75) is 20.0 Å². The van der Waals surface area contributed by atoms with Crippen LogP contribution in [0.3, 0.4) is 0 Å². The highest BCUT2D eigenvalue weighted by Gasteiger charge is 2.18. The Bertz CT molecular complexity index is 506. The molecule has 0 aromatic heterocycles. The summed E-state index contributed by atoms with van der Waals surface area (Å²) in [5.41, 5.74) is 1.04. The van der Waals surface area contributed by atoms with Gasteiger partial charge in [0.15, 0.2) is 5.78 Å². The maximum Gasteiger partial charge on any atom is 0.195 e. The maximum atomic E-state index is 12.0. The van der Waals surface area contributed by atoms with E-state index in [9.17, 15) is 9.90 Å². The molecule has 0 amide bonds. The third kappa shape index (κ3) is 4.19. The van der Waals surface area contributed by atoms with Gasteiger partial charge in [0.05, 0.1) is 0 Å². The molecule has 1 atom stereocenters. The molecule has 0 bridgehead atoms.